The summed E-state index contributed by atoms with van der Waals surface area (Å²) in [6.45, 7) is 4.62. The molecule has 5 heteroatoms. The van der Waals surface area contributed by atoms with Crippen molar-refractivity contribution in [2.45, 2.75) is 33.1 Å². The maximum Gasteiger partial charge on any atom is 0.144 e. The summed E-state index contributed by atoms with van der Waals surface area (Å²) in [5.74, 6) is 1.17. The molecule has 1 rings (SSSR count). The first-order chi connectivity index (χ1) is 9.86. The van der Waals surface area contributed by atoms with Crippen LogP contribution < -0.4 is 15.4 Å². The second kappa shape index (κ2) is 7.76. The van der Waals surface area contributed by atoms with Crippen molar-refractivity contribution in [1.29, 1.82) is 0 Å². The van der Waals surface area contributed by atoms with Gasteiger partial charge in [0.05, 0.1) is 6.61 Å². The molecule has 0 spiro atoms. The van der Waals surface area contributed by atoms with Crippen molar-refractivity contribution in [1.82, 2.24) is 0 Å². The van der Waals surface area contributed by atoms with Crippen LogP contribution in [0.15, 0.2) is 29.4 Å². The third kappa shape index (κ3) is 5.53. The third-order valence-electron chi connectivity index (χ3n) is 3.60. The number of anilines is 1. The first-order valence-electron chi connectivity index (χ1n) is 7.25. The predicted molar refractivity (Wildman–Crippen MR) is 87.3 cm³/mol. The average Bonchev–Trinajstić information content (AvgIpc) is 2.46. The zero-order valence-electron chi connectivity index (χ0n) is 13.5. The quantitative estimate of drug-likeness (QED) is 0.254. The number of benzene rings is 1. The van der Waals surface area contributed by atoms with Gasteiger partial charge in [-0.05, 0) is 31.4 Å². The minimum atomic E-state index is -0.278. The van der Waals surface area contributed by atoms with E-state index >= 15 is 0 Å². The van der Waals surface area contributed by atoms with Gasteiger partial charge >= 0.3 is 0 Å². The predicted octanol–water partition coefficient (Wildman–Crippen LogP) is 3.07. The maximum absolute atomic E-state index is 8.73. The van der Waals surface area contributed by atoms with Crippen LogP contribution in [0.4, 0.5) is 5.69 Å². The Morgan fingerprint density at radius 1 is 1.33 bits per heavy atom. The minimum absolute atomic E-state index is 0.278. The molecule has 0 saturated heterocycles. The second-order valence-electron chi connectivity index (χ2n) is 6.07. The molecule has 21 heavy (non-hydrogen) atoms. The van der Waals surface area contributed by atoms with E-state index in [9.17, 15) is 0 Å². The Bertz CT molecular complexity index is 470. The van der Waals surface area contributed by atoms with Crippen molar-refractivity contribution in [2.75, 3.05) is 25.6 Å². The van der Waals surface area contributed by atoms with Gasteiger partial charge in [-0.2, -0.15) is 0 Å². The standard InChI is InChI=1S/C16H27N3O2/c1-16(2,15(17)18-20)10-5-6-11-21-14-9-7-8-13(12-14)19(3)4/h7-9,12,20H,5-6,10-11H2,1-4H3,(H2,17,18). The summed E-state index contributed by atoms with van der Waals surface area (Å²) < 4.78 is 5.76. The summed E-state index contributed by atoms with van der Waals surface area (Å²) in [6.07, 6.45) is 2.77. The molecule has 1 aromatic rings. The SMILES string of the molecule is CN(C)c1cccc(OCCCCC(C)(C)/C(N)=N/O)c1. The molecule has 0 heterocycles. The highest BCUT2D eigenvalue weighted by Crippen LogP contribution is 2.24. The first kappa shape index (κ1) is 17.1. The molecule has 3 N–H and O–H groups in total. The van der Waals surface area contributed by atoms with Crippen LogP contribution in [0.2, 0.25) is 0 Å². The number of unbranched alkanes of at least 4 members (excludes halogenated alkanes) is 1. The molecule has 0 fully saturated rings. The lowest BCUT2D eigenvalue weighted by molar-refractivity contribution is 0.288. The molecular weight excluding hydrogens is 266 g/mol. The van der Waals surface area contributed by atoms with Crippen LogP contribution in [0.25, 0.3) is 0 Å². The Balaban J connectivity index is 2.33. The van der Waals surface area contributed by atoms with Crippen molar-refractivity contribution in [2.24, 2.45) is 16.3 Å². The molecule has 118 valence electrons. The number of hydrogen-bond donors (Lipinski definition) is 2. The van der Waals surface area contributed by atoms with Gasteiger partial charge < -0.3 is 20.6 Å². The molecule has 0 aliphatic rings. The number of oxime groups is 1. The number of nitrogens with zero attached hydrogens (tertiary/aromatic N) is 2. The second-order valence-corrected chi connectivity index (χ2v) is 6.07. The fraction of sp³-hybridized carbons (Fsp3) is 0.562. The van der Waals surface area contributed by atoms with E-state index in [2.05, 4.69) is 5.16 Å². The van der Waals surface area contributed by atoms with E-state index in [1.54, 1.807) is 0 Å². The topological polar surface area (TPSA) is 71.1 Å². The number of nitrogens with two attached hydrogens (primary N) is 1. The highest BCUT2D eigenvalue weighted by Gasteiger charge is 2.22. The van der Waals surface area contributed by atoms with Gasteiger partial charge in [0.2, 0.25) is 0 Å². The largest absolute Gasteiger partial charge is 0.494 e. The van der Waals surface area contributed by atoms with Gasteiger partial charge in [0.25, 0.3) is 0 Å². The first-order valence-corrected chi connectivity index (χ1v) is 7.25. The lowest BCUT2D eigenvalue weighted by Gasteiger charge is -2.22. The summed E-state index contributed by atoms with van der Waals surface area (Å²) in [6, 6.07) is 8.03. The van der Waals surface area contributed by atoms with E-state index in [1.807, 2.05) is 57.1 Å². The van der Waals surface area contributed by atoms with Gasteiger partial charge in [0.15, 0.2) is 0 Å². The molecule has 0 bridgehead atoms. The van der Waals surface area contributed by atoms with Gasteiger partial charge in [0.1, 0.15) is 11.6 Å². The molecule has 0 atom stereocenters. The normalized spacial score (nSPS) is 12.3. The lowest BCUT2D eigenvalue weighted by Crippen LogP contribution is -2.31. The van der Waals surface area contributed by atoms with Gasteiger partial charge in [-0.15, -0.1) is 0 Å². The van der Waals surface area contributed by atoms with Crippen LogP contribution in [-0.4, -0.2) is 31.7 Å². The van der Waals surface area contributed by atoms with Crippen LogP contribution in [0.1, 0.15) is 33.1 Å². The van der Waals surface area contributed by atoms with Gasteiger partial charge in [-0.3, -0.25) is 0 Å². The third-order valence-corrected chi connectivity index (χ3v) is 3.60. The number of rotatable bonds is 8. The monoisotopic (exact) mass is 293 g/mol. The molecule has 0 amide bonds. The highest BCUT2D eigenvalue weighted by atomic mass is 16.5. The average molecular weight is 293 g/mol. The lowest BCUT2D eigenvalue weighted by atomic mass is 9.86. The Morgan fingerprint density at radius 2 is 2.05 bits per heavy atom. The zero-order valence-corrected chi connectivity index (χ0v) is 13.5. The van der Waals surface area contributed by atoms with E-state index < -0.39 is 0 Å². The van der Waals surface area contributed by atoms with Crippen LogP contribution in [0, 0.1) is 5.41 Å². The van der Waals surface area contributed by atoms with Crippen LogP contribution in [-0.2, 0) is 0 Å². The molecule has 0 unspecified atom stereocenters. The van der Waals surface area contributed by atoms with Gasteiger partial charge in [0, 0.05) is 31.3 Å². The molecule has 5 nitrogen and oxygen atoms in total. The fourth-order valence-electron chi connectivity index (χ4n) is 1.97. The summed E-state index contributed by atoms with van der Waals surface area (Å²) >= 11 is 0. The molecule has 0 aliphatic carbocycles. The van der Waals surface area contributed by atoms with Gasteiger partial charge in [-0.1, -0.05) is 25.1 Å². The Kier molecular flexibility index (Phi) is 6.34. The number of ether oxygens (including phenoxy) is 1. The summed E-state index contributed by atoms with van der Waals surface area (Å²) in [4.78, 5) is 2.05. The minimum Gasteiger partial charge on any atom is -0.494 e. The maximum atomic E-state index is 8.73. The number of hydrogen-bond acceptors (Lipinski definition) is 4. The summed E-state index contributed by atoms with van der Waals surface area (Å²) in [5.41, 5.74) is 6.51. The van der Waals surface area contributed by atoms with Crippen molar-refractivity contribution < 1.29 is 9.94 Å². The molecule has 0 radical (unpaired) electrons. The molecule has 0 saturated carbocycles. The molecule has 0 aromatic heterocycles. The van der Waals surface area contributed by atoms with E-state index in [-0.39, 0.29) is 11.3 Å². The molecular formula is C16H27N3O2. The van der Waals surface area contributed by atoms with Crippen LogP contribution in [0.3, 0.4) is 0 Å². The van der Waals surface area contributed by atoms with Gasteiger partial charge in [-0.25, -0.2) is 0 Å². The Labute approximate surface area is 127 Å². The van der Waals surface area contributed by atoms with E-state index in [0.717, 1.165) is 30.7 Å². The number of amidine groups is 1. The van der Waals surface area contributed by atoms with E-state index in [1.165, 1.54) is 0 Å². The molecule has 0 aliphatic heterocycles. The van der Waals surface area contributed by atoms with Crippen molar-refractivity contribution in [3.8, 4) is 5.75 Å². The van der Waals surface area contributed by atoms with E-state index in [0.29, 0.717) is 6.61 Å². The van der Waals surface area contributed by atoms with Crippen molar-refractivity contribution in [3.05, 3.63) is 24.3 Å². The molecule has 1 aromatic carbocycles. The highest BCUT2D eigenvalue weighted by molar-refractivity contribution is 5.85. The Hall–Kier alpha value is -1.91. The Morgan fingerprint density at radius 3 is 2.67 bits per heavy atom. The summed E-state index contributed by atoms with van der Waals surface area (Å²) in [5, 5.41) is 11.8. The van der Waals surface area contributed by atoms with E-state index in [4.69, 9.17) is 15.7 Å². The smallest absolute Gasteiger partial charge is 0.144 e. The zero-order chi connectivity index (χ0) is 15.9. The van der Waals surface area contributed by atoms with Crippen molar-refractivity contribution >= 4 is 11.5 Å². The summed E-state index contributed by atoms with van der Waals surface area (Å²) in [7, 11) is 4.02. The van der Waals surface area contributed by atoms with Crippen LogP contribution in [0.5, 0.6) is 5.75 Å². The van der Waals surface area contributed by atoms with Crippen LogP contribution >= 0.6 is 0 Å². The fourth-order valence-corrected chi connectivity index (χ4v) is 1.97. The van der Waals surface area contributed by atoms with Crippen molar-refractivity contribution in [3.63, 3.8) is 0 Å².